The Balaban J connectivity index is 1.58. The fourth-order valence-corrected chi connectivity index (χ4v) is 4.17. The first kappa shape index (κ1) is 21.0. The van der Waals surface area contributed by atoms with Gasteiger partial charge in [0.05, 0.1) is 16.4 Å². The maximum atomic E-state index is 14.2. The van der Waals surface area contributed by atoms with Gasteiger partial charge in [0.15, 0.2) is 5.13 Å². The van der Waals surface area contributed by atoms with Crippen LogP contribution in [-0.2, 0) is 11.4 Å². The molecule has 0 saturated carbocycles. The molecule has 0 aliphatic rings. The summed E-state index contributed by atoms with van der Waals surface area (Å²) in [6, 6.07) is 10.6. The number of hydrogen-bond donors (Lipinski definition) is 0. The second-order valence-corrected chi connectivity index (χ2v) is 7.99. The van der Waals surface area contributed by atoms with E-state index in [9.17, 15) is 14.0 Å². The molecule has 0 unspecified atom stereocenters. The van der Waals surface area contributed by atoms with Gasteiger partial charge in [0, 0.05) is 29.8 Å². The van der Waals surface area contributed by atoms with E-state index in [0.717, 1.165) is 10.9 Å². The first-order valence-corrected chi connectivity index (χ1v) is 10.5. The minimum absolute atomic E-state index is 0.0563. The fourth-order valence-electron chi connectivity index (χ4n) is 3.09. The van der Waals surface area contributed by atoms with Crippen molar-refractivity contribution in [1.82, 2.24) is 4.98 Å². The molecule has 31 heavy (non-hydrogen) atoms. The van der Waals surface area contributed by atoms with E-state index in [2.05, 4.69) is 4.98 Å². The predicted octanol–water partition coefficient (Wildman–Crippen LogP) is 5.61. The highest BCUT2D eigenvalue weighted by molar-refractivity contribution is 7.14. The number of nitrogens with zero attached hydrogens (tertiary/aromatic N) is 2. The van der Waals surface area contributed by atoms with Gasteiger partial charge in [0.1, 0.15) is 23.8 Å². The average molecular weight is 459 g/mol. The lowest BCUT2D eigenvalue weighted by molar-refractivity contribution is -0.115. The van der Waals surface area contributed by atoms with Gasteiger partial charge < -0.3 is 9.15 Å². The Bertz CT molecular complexity index is 1350. The van der Waals surface area contributed by atoms with Crippen LogP contribution < -0.4 is 15.3 Å². The lowest BCUT2D eigenvalue weighted by atomic mass is 10.1. The number of fused-ring (bicyclic) bond motifs is 1. The highest BCUT2D eigenvalue weighted by atomic mass is 35.5. The molecule has 0 bridgehead atoms. The molecule has 9 heteroatoms. The number of rotatable bonds is 5. The summed E-state index contributed by atoms with van der Waals surface area (Å²) in [5.41, 5.74) is 1.32. The van der Waals surface area contributed by atoms with Crippen LogP contribution in [0.5, 0.6) is 5.75 Å². The molecule has 6 nitrogen and oxygen atoms in total. The van der Waals surface area contributed by atoms with Crippen LogP contribution in [0.3, 0.4) is 0 Å². The lowest BCUT2D eigenvalue weighted by Gasteiger charge is -2.18. The van der Waals surface area contributed by atoms with Gasteiger partial charge in [-0.2, -0.15) is 0 Å². The third-order valence-electron chi connectivity index (χ3n) is 4.52. The number of aryl methyl sites for hydroxylation is 1. The second-order valence-electron chi connectivity index (χ2n) is 6.74. The van der Waals surface area contributed by atoms with Crippen LogP contribution in [0.4, 0.5) is 15.2 Å². The Labute approximate surface area is 185 Å². The zero-order valence-corrected chi connectivity index (χ0v) is 18.1. The van der Waals surface area contributed by atoms with Crippen molar-refractivity contribution in [2.24, 2.45) is 0 Å². The zero-order chi connectivity index (χ0) is 22.1. The summed E-state index contributed by atoms with van der Waals surface area (Å²) in [7, 11) is 0. The molecule has 0 N–H and O–H groups in total. The topological polar surface area (TPSA) is 72.6 Å². The van der Waals surface area contributed by atoms with Crippen molar-refractivity contribution in [3.63, 3.8) is 0 Å². The van der Waals surface area contributed by atoms with E-state index < -0.39 is 11.4 Å². The van der Waals surface area contributed by atoms with Gasteiger partial charge in [-0.15, -0.1) is 11.3 Å². The molecule has 2 heterocycles. The number of carbonyl (C=O) groups is 1. The predicted molar refractivity (Wildman–Crippen MR) is 118 cm³/mol. The summed E-state index contributed by atoms with van der Waals surface area (Å²) in [5.74, 6) is -0.560. The molecular weight excluding hydrogens is 443 g/mol. The van der Waals surface area contributed by atoms with Gasteiger partial charge >= 0.3 is 5.63 Å². The number of thiazole rings is 1. The molecule has 0 aliphatic carbocycles. The molecule has 0 spiro atoms. The molecule has 0 atom stereocenters. The number of halogens is 2. The molecule has 2 aromatic heterocycles. The van der Waals surface area contributed by atoms with Crippen molar-refractivity contribution in [2.75, 3.05) is 4.90 Å². The van der Waals surface area contributed by atoms with Gasteiger partial charge in [-0.25, -0.2) is 14.2 Å². The van der Waals surface area contributed by atoms with E-state index in [4.69, 9.17) is 20.8 Å². The van der Waals surface area contributed by atoms with Crippen molar-refractivity contribution in [3.8, 4) is 5.75 Å². The van der Waals surface area contributed by atoms with Crippen LogP contribution in [0.1, 0.15) is 18.2 Å². The Morgan fingerprint density at radius 2 is 2.06 bits per heavy atom. The maximum Gasteiger partial charge on any atom is 0.336 e. The van der Waals surface area contributed by atoms with Crippen molar-refractivity contribution in [3.05, 3.63) is 80.4 Å². The fraction of sp³-hybridized carbons (Fsp3) is 0.136. The SMILES string of the molecule is CC(=O)N(c1nc(COc2cc3oc(=O)cc(C)c3cc2Cl)cs1)c1ccccc1F. The first-order valence-electron chi connectivity index (χ1n) is 9.20. The summed E-state index contributed by atoms with van der Waals surface area (Å²) < 4.78 is 25.2. The Hall–Kier alpha value is -3.23. The normalized spacial score (nSPS) is 11.0. The van der Waals surface area contributed by atoms with E-state index in [-0.39, 0.29) is 18.2 Å². The highest BCUT2D eigenvalue weighted by Gasteiger charge is 2.21. The summed E-state index contributed by atoms with van der Waals surface area (Å²) in [6.07, 6.45) is 0. The number of para-hydroxylation sites is 1. The third-order valence-corrected chi connectivity index (χ3v) is 5.69. The van der Waals surface area contributed by atoms with Crippen molar-refractivity contribution in [2.45, 2.75) is 20.5 Å². The molecule has 0 radical (unpaired) electrons. The summed E-state index contributed by atoms with van der Waals surface area (Å²) >= 11 is 7.51. The molecular formula is C22H16ClFN2O4S. The number of benzene rings is 2. The van der Waals surface area contributed by atoms with Crippen molar-refractivity contribution in [1.29, 1.82) is 0 Å². The number of aromatic nitrogens is 1. The largest absolute Gasteiger partial charge is 0.486 e. The second kappa shape index (κ2) is 8.49. The van der Waals surface area contributed by atoms with Gasteiger partial charge in [-0.3, -0.25) is 9.69 Å². The van der Waals surface area contributed by atoms with E-state index >= 15 is 0 Å². The Kier molecular flexibility index (Phi) is 5.75. The molecule has 4 rings (SSSR count). The van der Waals surface area contributed by atoms with Gasteiger partial charge in [-0.05, 0) is 30.7 Å². The summed E-state index contributed by atoms with van der Waals surface area (Å²) in [4.78, 5) is 29.4. The van der Waals surface area contributed by atoms with E-state index in [1.54, 1.807) is 36.6 Å². The molecule has 0 fully saturated rings. The quantitative estimate of drug-likeness (QED) is 0.363. The van der Waals surface area contributed by atoms with Crippen LogP contribution in [-0.4, -0.2) is 10.9 Å². The number of hydrogen-bond acceptors (Lipinski definition) is 6. The van der Waals surface area contributed by atoms with Crippen LogP contribution >= 0.6 is 22.9 Å². The van der Waals surface area contributed by atoms with Crippen LogP contribution in [0.2, 0.25) is 5.02 Å². The molecule has 2 aromatic carbocycles. The molecule has 1 amide bonds. The summed E-state index contributed by atoms with van der Waals surface area (Å²) in [6.45, 7) is 3.19. The Morgan fingerprint density at radius 3 is 2.81 bits per heavy atom. The van der Waals surface area contributed by atoms with Crippen molar-refractivity contribution >= 4 is 50.6 Å². The minimum Gasteiger partial charge on any atom is -0.486 e. The number of ether oxygens (including phenoxy) is 1. The first-order chi connectivity index (χ1) is 14.8. The monoisotopic (exact) mass is 458 g/mol. The van der Waals surface area contributed by atoms with Gasteiger partial charge in [-0.1, -0.05) is 23.7 Å². The van der Waals surface area contributed by atoms with E-state index in [1.165, 1.54) is 41.4 Å². The van der Waals surface area contributed by atoms with Crippen LogP contribution in [0.15, 0.2) is 57.1 Å². The molecule has 0 saturated heterocycles. The van der Waals surface area contributed by atoms with E-state index in [1.807, 2.05) is 0 Å². The number of amides is 1. The highest BCUT2D eigenvalue weighted by Crippen LogP contribution is 2.33. The standard InChI is InChI=1S/C22H16ClFN2O4S/c1-12-7-21(28)30-19-9-20(16(23)8-15(12)19)29-10-14-11-31-22(25-14)26(13(2)27)18-6-4-3-5-17(18)24/h3-9,11H,10H2,1-2H3. The van der Waals surface area contributed by atoms with E-state index in [0.29, 0.717) is 27.2 Å². The third kappa shape index (κ3) is 4.30. The van der Waals surface area contributed by atoms with Crippen molar-refractivity contribution < 1.29 is 18.3 Å². The summed E-state index contributed by atoms with van der Waals surface area (Å²) in [5, 5.41) is 3.11. The average Bonchev–Trinajstić information content (AvgIpc) is 3.17. The lowest BCUT2D eigenvalue weighted by Crippen LogP contribution is -2.23. The van der Waals surface area contributed by atoms with Gasteiger partial charge in [0.25, 0.3) is 0 Å². The zero-order valence-electron chi connectivity index (χ0n) is 16.5. The number of anilines is 2. The number of carbonyl (C=O) groups excluding carboxylic acids is 1. The van der Waals surface area contributed by atoms with Gasteiger partial charge in [0.2, 0.25) is 5.91 Å². The molecule has 4 aromatic rings. The maximum absolute atomic E-state index is 14.2. The minimum atomic E-state index is -0.523. The Morgan fingerprint density at radius 1 is 1.29 bits per heavy atom. The smallest absolute Gasteiger partial charge is 0.336 e. The molecule has 158 valence electrons. The van der Waals surface area contributed by atoms with Crippen LogP contribution in [0, 0.1) is 12.7 Å². The molecule has 0 aliphatic heterocycles. The van der Waals surface area contributed by atoms with Crippen LogP contribution in [0.25, 0.3) is 11.0 Å².